The van der Waals surface area contributed by atoms with Crippen LogP contribution < -0.4 is 16.0 Å². The quantitative estimate of drug-likeness (QED) is 0.328. The summed E-state index contributed by atoms with van der Waals surface area (Å²) in [5, 5.41) is 9.34. The van der Waals surface area contributed by atoms with Crippen LogP contribution in [0.1, 0.15) is 12.5 Å². The molecule has 0 aliphatic carbocycles. The SMILES string of the molecule is CCNC(=NCc1ccccc1Cl)NCC(=O)Nc1ccc(F)cc1.I. The molecule has 0 saturated carbocycles. The number of guanidine groups is 1. The summed E-state index contributed by atoms with van der Waals surface area (Å²) in [5.41, 5.74) is 1.43. The third-order valence-electron chi connectivity index (χ3n) is 3.25. The zero-order valence-corrected chi connectivity index (χ0v) is 17.3. The van der Waals surface area contributed by atoms with Crippen LogP contribution in [-0.2, 0) is 11.3 Å². The van der Waals surface area contributed by atoms with Gasteiger partial charge in [-0.25, -0.2) is 9.38 Å². The van der Waals surface area contributed by atoms with Gasteiger partial charge in [-0.15, -0.1) is 24.0 Å². The molecule has 0 saturated heterocycles. The number of benzene rings is 2. The summed E-state index contributed by atoms with van der Waals surface area (Å²) in [6.07, 6.45) is 0. The molecule has 140 valence electrons. The van der Waals surface area contributed by atoms with Crippen molar-refractivity contribution in [1.82, 2.24) is 10.6 Å². The number of nitrogens with one attached hydrogen (secondary N) is 3. The number of halogens is 3. The van der Waals surface area contributed by atoms with Gasteiger partial charge >= 0.3 is 0 Å². The molecule has 2 aromatic rings. The molecule has 0 atom stereocenters. The Morgan fingerprint density at radius 1 is 1.12 bits per heavy atom. The lowest BCUT2D eigenvalue weighted by Crippen LogP contribution is -2.41. The van der Waals surface area contributed by atoms with Crippen molar-refractivity contribution in [3.63, 3.8) is 0 Å². The highest BCUT2D eigenvalue weighted by atomic mass is 127. The Bertz CT molecular complexity index is 740. The number of carbonyl (C=O) groups is 1. The van der Waals surface area contributed by atoms with E-state index in [4.69, 9.17) is 11.6 Å². The van der Waals surface area contributed by atoms with Gasteiger partial charge in [-0.05, 0) is 42.8 Å². The van der Waals surface area contributed by atoms with E-state index in [1.807, 2.05) is 31.2 Å². The van der Waals surface area contributed by atoms with Crippen molar-refractivity contribution in [3.05, 3.63) is 64.9 Å². The van der Waals surface area contributed by atoms with Gasteiger partial charge in [0.25, 0.3) is 0 Å². The van der Waals surface area contributed by atoms with Gasteiger partial charge in [0.05, 0.1) is 13.1 Å². The van der Waals surface area contributed by atoms with Crippen LogP contribution in [0.25, 0.3) is 0 Å². The third-order valence-corrected chi connectivity index (χ3v) is 3.62. The topological polar surface area (TPSA) is 65.5 Å². The van der Waals surface area contributed by atoms with Gasteiger partial charge in [-0.1, -0.05) is 29.8 Å². The fourth-order valence-corrected chi connectivity index (χ4v) is 2.23. The van der Waals surface area contributed by atoms with Crippen LogP contribution in [0.4, 0.5) is 10.1 Å². The molecule has 0 heterocycles. The number of rotatable bonds is 6. The molecule has 1 amide bonds. The maximum atomic E-state index is 12.9. The van der Waals surface area contributed by atoms with Crippen molar-refractivity contribution in [1.29, 1.82) is 0 Å². The van der Waals surface area contributed by atoms with E-state index < -0.39 is 0 Å². The number of anilines is 1. The van der Waals surface area contributed by atoms with Crippen molar-refractivity contribution in [2.75, 3.05) is 18.4 Å². The lowest BCUT2D eigenvalue weighted by atomic mass is 10.2. The Balaban J connectivity index is 0.00000338. The first kappa shape index (κ1) is 22.2. The van der Waals surface area contributed by atoms with Crippen LogP contribution in [0.3, 0.4) is 0 Å². The van der Waals surface area contributed by atoms with Gasteiger partial charge in [-0.2, -0.15) is 0 Å². The highest BCUT2D eigenvalue weighted by Crippen LogP contribution is 2.15. The van der Waals surface area contributed by atoms with Gasteiger partial charge in [0.1, 0.15) is 5.82 Å². The van der Waals surface area contributed by atoms with Crippen molar-refractivity contribution in [2.24, 2.45) is 4.99 Å². The number of aliphatic imine (C=N–C) groups is 1. The number of hydrogen-bond donors (Lipinski definition) is 3. The predicted octanol–water partition coefficient (Wildman–Crippen LogP) is 3.79. The van der Waals surface area contributed by atoms with E-state index in [-0.39, 0.29) is 42.2 Å². The maximum absolute atomic E-state index is 12.9. The van der Waals surface area contributed by atoms with Crippen molar-refractivity contribution < 1.29 is 9.18 Å². The second-order valence-electron chi connectivity index (χ2n) is 5.20. The monoisotopic (exact) mass is 490 g/mol. The van der Waals surface area contributed by atoms with Gasteiger partial charge < -0.3 is 16.0 Å². The molecule has 8 heteroatoms. The molecular formula is C18H21ClFIN4O. The largest absolute Gasteiger partial charge is 0.357 e. The molecule has 0 unspecified atom stereocenters. The summed E-state index contributed by atoms with van der Waals surface area (Å²) in [5.74, 6) is -0.0936. The Kier molecular flexibility index (Phi) is 9.97. The summed E-state index contributed by atoms with van der Waals surface area (Å²) >= 11 is 6.11. The molecule has 0 aromatic heterocycles. The van der Waals surface area contributed by atoms with Gasteiger partial charge in [0, 0.05) is 17.3 Å². The molecule has 5 nitrogen and oxygen atoms in total. The minimum atomic E-state index is -0.350. The number of amides is 1. The van der Waals surface area contributed by atoms with Crippen LogP contribution in [0.15, 0.2) is 53.5 Å². The average molecular weight is 491 g/mol. The fourth-order valence-electron chi connectivity index (χ4n) is 2.04. The van der Waals surface area contributed by atoms with Gasteiger partial charge in [0.2, 0.25) is 5.91 Å². The van der Waals surface area contributed by atoms with E-state index in [1.165, 1.54) is 24.3 Å². The molecule has 0 bridgehead atoms. The molecule has 0 radical (unpaired) electrons. The normalized spacial score (nSPS) is 10.7. The Hall–Kier alpha value is -1.87. The van der Waals surface area contributed by atoms with E-state index in [1.54, 1.807) is 0 Å². The minimum Gasteiger partial charge on any atom is -0.357 e. The smallest absolute Gasteiger partial charge is 0.243 e. The van der Waals surface area contributed by atoms with Gasteiger partial charge in [0.15, 0.2) is 5.96 Å². The molecular weight excluding hydrogens is 470 g/mol. The van der Waals surface area contributed by atoms with Crippen molar-refractivity contribution in [3.8, 4) is 0 Å². The summed E-state index contributed by atoms with van der Waals surface area (Å²) < 4.78 is 12.9. The first-order valence-corrected chi connectivity index (χ1v) is 8.27. The summed E-state index contributed by atoms with van der Waals surface area (Å²) in [6, 6.07) is 13.1. The molecule has 3 N–H and O–H groups in total. The Morgan fingerprint density at radius 3 is 2.46 bits per heavy atom. The van der Waals surface area contributed by atoms with E-state index in [9.17, 15) is 9.18 Å². The predicted molar refractivity (Wildman–Crippen MR) is 115 cm³/mol. The Labute approximate surface area is 174 Å². The molecule has 0 spiro atoms. The molecule has 0 aliphatic heterocycles. The molecule has 0 aliphatic rings. The highest BCUT2D eigenvalue weighted by Gasteiger charge is 2.05. The molecule has 2 aromatic carbocycles. The van der Waals surface area contributed by atoms with E-state index in [0.717, 1.165) is 5.56 Å². The lowest BCUT2D eigenvalue weighted by Gasteiger charge is -2.12. The maximum Gasteiger partial charge on any atom is 0.243 e. The van der Waals surface area contributed by atoms with Crippen molar-refractivity contribution in [2.45, 2.75) is 13.5 Å². The molecule has 0 fully saturated rings. The van der Waals surface area contributed by atoms with E-state index in [0.29, 0.717) is 29.8 Å². The fraction of sp³-hybridized carbons (Fsp3) is 0.222. The first-order valence-electron chi connectivity index (χ1n) is 7.89. The first-order chi connectivity index (χ1) is 12.1. The van der Waals surface area contributed by atoms with Crippen LogP contribution in [-0.4, -0.2) is 25.0 Å². The van der Waals surface area contributed by atoms with E-state index in [2.05, 4.69) is 20.9 Å². The zero-order chi connectivity index (χ0) is 18.1. The summed E-state index contributed by atoms with van der Waals surface area (Å²) in [4.78, 5) is 16.4. The van der Waals surface area contributed by atoms with Crippen LogP contribution in [0.5, 0.6) is 0 Å². The Morgan fingerprint density at radius 2 is 1.81 bits per heavy atom. The molecule has 26 heavy (non-hydrogen) atoms. The minimum absolute atomic E-state index is 0. The number of nitrogens with zero attached hydrogens (tertiary/aromatic N) is 1. The standard InChI is InChI=1S/C18H20ClFN4O.HI/c1-2-21-18(22-11-13-5-3-4-6-16(13)19)23-12-17(25)24-15-9-7-14(20)8-10-15;/h3-10H,2,11-12H2,1H3,(H,24,25)(H2,21,22,23);1H. The summed E-state index contributed by atoms with van der Waals surface area (Å²) in [7, 11) is 0. The van der Waals surface area contributed by atoms with E-state index >= 15 is 0 Å². The van der Waals surface area contributed by atoms with Crippen LogP contribution in [0.2, 0.25) is 5.02 Å². The number of carbonyl (C=O) groups excluding carboxylic acids is 1. The zero-order valence-electron chi connectivity index (χ0n) is 14.3. The van der Waals surface area contributed by atoms with Crippen molar-refractivity contribution >= 4 is 53.1 Å². The summed E-state index contributed by atoms with van der Waals surface area (Å²) in [6.45, 7) is 3.03. The second-order valence-corrected chi connectivity index (χ2v) is 5.60. The van der Waals surface area contributed by atoms with Crippen LogP contribution >= 0.6 is 35.6 Å². The average Bonchev–Trinajstić information content (AvgIpc) is 2.60. The van der Waals surface area contributed by atoms with Gasteiger partial charge in [-0.3, -0.25) is 4.79 Å². The highest BCUT2D eigenvalue weighted by molar-refractivity contribution is 14.0. The molecule has 2 rings (SSSR count). The van der Waals surface area contributed by atoms with Crippen LogP contribution in [0, 0.1) is 5.82 Å². The number of hydrogen-bond acceptors (Lipinski definition) is 2. The second kappa shape index (κ2) is 11.7. The third kappa shape index (κ3) is 7.57. The lowest BCUT2D eigenvalue weighted by molar-refractivity contribution is -0.115.